The van der Waals surface area contributed by atoms with Crippen LogP contribution in [-0.4, -0.2) is 63.4 Å². The summed E-state index contributed by atoms with van der Waals surface area (Å²) in [4.78, 5) is 39.1. The van der Waals surface area contributed by atoms with Crippen molar-refractivity contribution in [3.63, 3.8) is 0 Å². The highest BCUT2D eigenvalue weighted by molar-refractivity contribution is 7.89. The van der Waals surface area contributed by atoms with Crippen molar-refractivity contribution in [1.82, 2.24) is 4.31 Å². The molecule has 10 nitrogen and oxygen atoms in total. The van der Waals surface area contributed by atoms with Gasteiger partial charge in [0.05, 0.1) is 35.2 Å². The van der Waals surface area contributed by atoms with Gasteiger partial charge >= 0.3 is 5.97 Å². The van der Waals surface area contributed by atoms with Crippen molar-refractivity contribution in [3.8, 4) is 0 Å². The lowest BCUT2D eigenvalue weighted by Gasteiger charge is -2.26. The smallest absolute Gasteiger partial charge is 0.341 e. The van der Waals surface area contributed by atoms with E-state index in [2.05, 4.69) is 10.6 Å². The molecule has 200 valence electrons. The van der Waals surface area contributed by atoms with Crippen LogP contribution in [0.2, 0.25) is 0 Å². The maximum absolute atomic E-state index is 13.1. The largest absolute Gasteiger partial charge is 0.462 e. The van der Waals surface area contributed by atoms with Gasteiger partial charge < -0.3 is 20.1 Å². The molecule has 1 aromatic heterocycles. The Morgan fingerprint density at radius 2 is 1.63 bits per heavy atom. The molecule has 0 bridgehead atoms. The molecule has 2 heterocycles. The molecular weight excluding hydrogens is 530 g/mol. The van der Waals surface area contributed by atoms with Crippen LogP contribution in [0.3, 0.4) is 0 Å². The SMILES string of the molecule is CCOC(=O)c1c(NC(=O)c2ccc(S(=O)(=O)N3CCOCC3)cc2)sc(C(=O)Nc2ccccc2)c1C. The van der Waals surface area contributed by atoms with E-state index in [0.717, 1.165) is 11.3 Å². The first-order valence-electron chi connectivity index (χ1n) is 11.9. The Labute approximate surface area is 224 Å². The Morgan fingerprint density at radius 3 is 2.26 bits per heavy atom. The number of hydrogen-bond donors (Lipinski definition) is 2. The number of para-hydroxylation sites is 1. The van der Waals surface area contributed by atoms with Crippen molar-refractivity contribution in [1.29, 1.82) is 0 Å². The average molecular weight is 558 g/mol. The first-order valence-corrected chi connectivity index (χ1v) is 14.1. The van der Waals surface area contributed by atoms with Gasteiger partial charge in [-0.2, -0.15) is 4.31 Å². The zero-order chi connectivity index (χ0) is 27.3. The minimum Gasteiger partial charge on any atom is -0.462 e. The molecule has 1 aliphatic rings. The number of carbonyl (C=O) groups is 3. The van der Waals surface area contributed by atoms with E-state index in [4.69, 9.17) is 9.47 Å². The van der Waals surface area contributed by atoms with E-state index in [9.17, 15) is 22.8 Å². The summed E-state index contributed by atoms with van der Waals surface area (Å²) >= 11 is 0.958. The number of anilines is 2. The summed E-state index contributed by atoms with van der Waals surface area (Å²) in [5.41, 5.74) is 1.24. The molecule has 0 aliphatic carbocycles. The molecule has 2 amide bonds. The third kappa shape index (κ3) is 5.94. The second kappa shape index (κ2) is 11.9. The molecule has 1 aliphatic heterocycles. The van der Waals surface area contributed by atoms with Gasteiger partial charge in [-0.05, 0) is 55.8 Å². The van der Waals surface area contributed by atoms with Gasteiger partial charge in [0, 0.05) is 24.3 Å². The number of nitrogens with one attached hydrogen (secondary N) is 2. The summed E-state index contributed by atoms with van der Waals surface area (Å²) < 4.78 is 37.4. The Balaban J connectivity index is 1.57. The van der Waals surface area contributed by atoms with Gasteiger partial charge in [-0.1, -0.05) is 18.2 Å². The molecule has 0 saturated carbocycles. The number of rotatable bonds is 8. The van der Waals surface area contributed by atoms with Crippen LogP contribution in [0.15, 0.2) is 59.5 Å². The van der Waals surface area contributed by atoms with E-state index in [0.29, 0.717) is 24.5 Å². The summed E-state index contributed by atoms with van der Waals surface area (Å²) in [6.45, 7) is 4.57. The van der Waals surface area contributed by atoms with Crippen molar-refractivity contribution in [2.45, 2.75) is 18.7 Å². The molecule has 0 atom stereocenters. The Hall–Kier alpha value is -3.58. The van der Waals surface area contributed by atoms with Crippen LogP contribution in [0.4, 0.5) is 10.7 Å². The predicted molar refractivity (Wildman–Crippen MR) is 143 cm³/mol. The molecule has 1 saturated heterocycles. The zero-order valence-corrected chi connectivity index (χ0v) is 22.5. The lowest BCUT2D eigenvalue weighted by atomic mass is 10.1. The lowest BCUT2D eigenvalue weighted by molar-refractivity contribution is 0.0527. The lowest BCUT2D eigenvalue weighted by Crippen LogP contribution is -2.40. The van der Waals surface area contributed by atoms with Crippen LogP contribution in [0, 0.1) is 6.92 Å². The van der Waals surface area contributed by atoms with E-state index < -0.39 is 27.8 Å². The summed E-state index contributed by atoms with van der Waals surface area (Å²) in [7, 11) is -3.71. The number of nitrogens with zero attached hydrogens (tertiary/aromatic N) is 1. The number of sulfonamides is 1. The van der Waals surface area contributed by atoms with Gasteiger partial charge in [-0.25, -0.2) is 13.2 Å². The van der Waals surface area contributed by atoms with E-state index in [1.807, 2.05) is 6.07 Å². The quantitative estimate of drug-likeness (QED) is 0.403. The fraction of sp³-hybridized carbons (Fsp3) is 0.269. The monoisotopic (exact) mass is 557 g/mol. The molecule has 3 aromatic rings. The molecule has 0 spiro atoms. The van der Waals surface area contributed by atoms with Crippen molar-refractivity contribution in [2.24, 2.45) is 0 Å². The topological polar surface area (TPSA) is 131 Å². The summed E-state index contributed by atoms with van der Waals surface area (Å²) in [6, 6.07) is 14.4. The van der Waals surface area contributed by atoms with E-state index >= 15 is 0 Å². The molecule has 4 rings (SSSR count). The van der Waals surface area contributed by atoms with Crippen molar-refractivity contribution in [3.05, 3.63) is 76.2 Å². The van der Waals surface area contributed by atoms with E-state index in [1.54, 1.807) is 38.1 Å². The van der Waals surface area contributed by atoms with Crippen molar-refractivity contribution in [2.75, 3.05) is 43.5 Å². The number of thiophene rings is 1. The Bertz CT molecular complexity index is 1430. The highest BCUT2D eigenvalue weighted by Crippen LogP contribution is 2.35. The van der Waals surface area contributed by atoms with Gasteiger partial charge in [-0.3, -0.25) is 9.59 Å². The molecule has 2 N–H and O–H groups in total. The first-order chi connectivity index (χ1) is 18.2. The summed E-state index contributed by atoms with van der Waals surface area (Å²) in [5.74, 6) is -1.66. The maximum Gasteiger partial charge on any atom is 0.341 e. The summed E-state index contributed by atoms with van der Waals surface area (Å²) in [5, 5.41) is 5.63. The Kier molecular flexibility index (Phi) is 8.57. The zero-order valence-electron chi connectivity index (χ0n) is 20.9. The van der Waals surface area contributed by atoms with Crippen LogP contribution in [0.1, 0.15) is 42.9 Å². The van der Waals surface area contributed by atoms with Gasteiger partial charge in [0.1, 0.15) is 5.00 Å². The third-order valence-electron chi connectivity index (χ3n) is 5.82. The molecule has 0 radical (unpaired) electrons. The van der Waals surface area contributed by atoms with Crippen molar-refractivity contribution < 1.29 is 32.3 Å². The first kappa shape index (κ1) is 27.5. The number of ether oxygens (including phenoxy) is 2. The van der Waals surface area contributed by atoms with Gasteiger partial charge in [0.15, 0.2) is 0 Å². The number of hydrogen-bond acceptors (Lipinski definition) is 8. The maximum atomic E-state index is 13.1. The number of carbonyl (C=O) groups excluding carboxylic acids is 3. The van der Waals surface area contributed by atoms with E-state index in [1.165, 1.54) is 28.6 Å². The third-order valence-corrected chi connectivity index (χ3v) is 8.93. The van der Waals surface area contributed by atoms with Gasteiger partial charge in [0.2, 0.25) is 10.0 Å². The minimum atomic E-state index is -3.71. The summed E-state index contributed by atoms with van der Waals surface area (Å²) in [6.07, 6.45) is 0. The highest BCUT2D eigenvalue weighted by atomic mass is 32.2. The molecular formula is C26H27N3O7S2. The number of benzene rings is 2. The normalized spacial score (nSPS) is 14.1. The average Bonchev–Trinajstić information content (AvgIpc) is 3.25. The number of amides is 2. The van der Waals surface area contributed by atoms with Gasteiger partial charge in [-0.15, -0.1) is 11.3 Å². The predicted octanol–water partition coefficient (Wildman–Crippen LogP) is 3.76. The Morgan fingerprint density at radius 1 is 0.974 bits per heavy atom. The van der Waals surface area contributed by atoms with Crippen LogP contribution in [0.25, 0.3) is 0 Å². The second-order valence-electron chi connectivity index (χ2n) is 8.30. The van der Waals surface area contributed by atoms with Crippen LogP contribution in [0.5, 0.6) is 0 Å². The number of morpholine rings is 1. The molecule has 38 heavy (non-hydrogen) atoms. The fourth-order valence-corrected chi connectivity index (χ4v) is 6.36. The highest BCUT2D eigenvalue weighted by Gasteiger charge is 2.28. The standard InChI is InChI=1S/C26H27N3O7S2/c1-3-36-26(32)21-17(2)22(24(31)27-19-7-5-4-6-8-19)37-25(21)28-23(30)18-9-11-20(12-10-18)38(33,34)29-13-15-35-16-14-29/h4-12H,3,13-16H2,1-2H3,(H,27,31)(H,28,30). The molecule has 2 aromatic carbocycles. The van der Waals surface area contributed by atoms with Gasteiger partial charge in [0.25, 0.3) is 11.8 Å². The van der Waals surface area contributed by atoms with Crippen LogP contribution in [-0.2, 0) is 19.5 Å². The molecule has 1 fully saturated rings. The van der Waals surface area contributed by atoms with Crippen molar-refractivity contribution >= 4 is 49.8 Å². The van der Waals surface area contributed by atoms with E-state index in [-0.39, 0.29) is 45.6 Å². The minimum absolute atomic E-state index is 0.0648. The molecule has 0 unspecified atom stereocenters. The van der Waals surface area contributed by atoms with Crippen LogP contribution < -0.4 is 10.6 Å². The second-order valence-corrected chi connectivity index (χ2v) is 11.3. The fourth-order valence-electron chi connectivity index (χ4n) is 3.87. The molecule has 12 heteroatoms. The van der Waals surface area contributed by atoms with Crippen LogP contribution >= 0.6 is 11.3 Å². The number of esters is 1.